The molecule has 2 N–H and O–H groups in total. The molecule has 2 fully saturated rings. The molecule has 0 bridgehead atoms. The van der Waals surface area contributed by atoms with Gasteiger partial charge < -0.3 is 15.5 Å². The molecule has 1 heterocycles. The van der Waals surface area contributed by atoms with Gasteiger partial charge in [-0.05, 0) is 48.2 Å². The molecule has 5 nitrogen and oxygen atoms in total. The SMILES string of the molecule is O=C1CN(c2ccc(CNC(=O)C3(c4ccc(Br)cc4)CCC3)cc2)CCN1. The minimum Gasteiger partial charge on any atom is -0.360 e. The zero-order valence-corrected chi connectivity index (χ0v) is 17.3. The van der Waals surface area contributed by atoms with Gasteiger partial charge in [-0.2, -0.15) is 0 Å². The van der Waals surface area contributed by atoms with Gasteiger partial charge in [-0.25, -0.2) is 0 Å². The molecule has 2 aromatic carbocycles. The van der Waals surface area contributed by atoms with Crippen LogP contribution in [0.25, 0.3) is 0 Å². The Kier molecular flexibility index (Phi) is 5.40. The molecule has 0 unspecified atom stereocenters. The summed E-state index contributed by atoms with van der Waals surface area (Å²) in [6.07, 6.45) is 2.88. The average Bonchev–Trinajstić information content (AvgIpc) is 2.67. The second-order valence-corrected chi connectivity index (χ2v) is 8.48. The van der Waals surface area contributed by atoms with Crippen molar-refractivity contribution >= 4 is 33.4 Å². The first-order chi connectivity index (χ1) is 13.6. The summed E-state index contributed by atoms with van der Waals surface area (Å²) in [4.78, 5) is 26.6. The maximum absolute atomic E-state index is 13.0. The van der Waals surface area contributed by atoms with Crippen LogP contribution in [0, 0.1) is 0 Å². The number of nitrogens with one attached hydrogen (secondary N) is 2. The fraction of sp³-hybridized carbons (Fsp3) is 0.364. The third-order valence-electron chi connectivity index (χ3n) is 5.83. The van der Waals surface area contributed by atoms with E-state index in [0.717, 1.165) is 47.1 Å². The van der Waals surface area contributed by atoms with Gasteiger partial charge in [0.1, 0.15) is 0 Å². The number of halogens is 1. The first kappa shape index (κ1) is 19.0. The summed E-state index contributed by atoms with van der Waals surface area (Å²) >= 11 is 3.46. The van der Waals surface area contributed by atoms with Crippen LogP contribution in [0.4, 0.5) is 5.69 Å². The van der Waals surface area contributed by atoms with Gasteiger partial charge in [0.05, 0.1) is 12.0 Å². The molecule has 4 rings (SSSR count). The maximum atomic E-state index is 13.0. The molecule has 146 valence electrons. The van der Waals surface area contributed by atoms with Gasteiger partial charge in [-0.15, -0.1) is 0 Å². The molecule has 1 saturated heterocycles. The highest BCUT2D eigenvalue weighted by Crippen LogP contribution is 2.44. The summed E-state index contributed by atoms with van der Waals surface area (Å²) in [5.74, 6) is 0.166. The highest BCUT2D eigenvalue weighted by Gasteiger charge is 2.45. The lowest BCUT2D eigenvalue weighted by molar-refractivity contribution is -0.130. The van der Waals surface area contributed by atoms with Crippen LogP contribution in [-0.2, 0) is 21.5 Å². The number of nitrogens with zero attached hydrogens (tertiary/aromatic N) is 1. The van der Waals surface area contributed by atoms with Crippen molar-refractivity contribution in [3.05, 3.63) is 64.1 Å². The highest BCUT2D eigenvalue weighted by molar-refractivity contribution is 9.10. The van der Waals surface area contributed by atoms with Crippen molar-refractivity contribution < 1.29 is 9.59 Å². The first-order valence-electron chi connectivity index (χ1n) is 9.72. The van der Waals surface area contributed by atoms with Gasteiger partial charge in [0.2, 0.25) is 11.8 Å². The van der Waals surface area contributed by atoms with E-state index in [4.69, 9.17) is 0 Å². The smallest absolute Gasteiger partial charge is 0.239 e. The fourth-order valence-corrected chi connectivity index (χ4v) is 4.25. The van der Waals surface area contributed by atoms with E-state index in [-0.39, 0.29) is 17.2 Å². The van der Waals surface area contributed by atoms with E-state index in [1.807, 2.05) is 48.5 Å². The van der Waals surface area contributed by atoms with Gasteiger partial charge in [-0.1, -0.05) is 46.6 Å². The number of rotatable bonds is 5. The normalized spacial score (nSPS) is 18.2. The Labute approximate surface area is 173 Å². The number of carbonyl (C=O) groups excluding carboxylic acids is 2. The molecule has 2 aliphatic rings. The van der Waals surface area contributed by atoms with Crippen molar-refractivity contribution in [2.24, 2.45) is 0 Å². The van der Waals surface area contributed by atoms with Gasteiger partial charge >= 0.3 is 0 Å². The topological polar surface area (TPSA) is 61.4 Å². The van der Waals surface area contributed by atoms with Crippen LogP contribution in [0.1, 0.15) is 30.4 Å². The van der Waals surface area contributed by atoms with Gasteiger partial charge in [0.15, 0.2) is 0 Å². The second kappa shape index (κ2) is 7.95. The van der Waals surface area contributed by atoms with Crippen LogP contribution in [0.2, 0.25) is 0 Å². The van der Waals surface area contributed by atoms with Gasteiger partial charge in [-0.3, -0.25) is 9.59 Å². The number of hydrogen-bond acceptors (Lipinski definition) is 3. The van der Waals surface area contributed by atoms with Crippen molar-refractivity contribution in [1.29, 1.82) is 0 Å². The average molecular weight is 442 g/mol. The molecular formula is C22H24BrN3O2. The van der Waals surface area contributed by atoms with Crippen molar-refractivity contribution in [2.75, 3.05) is 24.5 Å². The zero-order chi connectivity index (χ0) is 19.6. The largest absolute Gasteiger partial charge is 0.360 e. The van der Waals surface area contributed by atoms with Crippen LogP contribution in [0.5, 0.6) is 0 Å². The van der Waals surface area contributed by atoms with Gasteiger partial charge in [0, 0.05) is 29.8 Å². The quantitative estimate of drug-likeness (QED) is 0.748. The van der Waals surface area contributed by atoms with Crippen molar-refractivity contribution in [3.63, 3.8) is 0 Å². The van der Waals surface area contributed by atoms with Gasteiger partial charge in [0.25, 0.3) is 0 Å². The van der Waals surface area contributed by atoms with E-state index in [1.54, 1.807) is 0 Å². The predicted molar refractivity (Wildman–Crippen MR) is 113 cm³/mol. The number of anilines is 1. The lowest BCUT2D eigenvalue weighted by Crippen LogP contribution is -2.49. The van der Waals surface area contributed by atoms with Crippen LogP contribution in [0.3, 0.4) is 0 Å². The Morgan fingerprint density at radius 2 is 1.82 bits per heavy atom. The Balaban J connectivity index is 1.39. The van der Waals surface area contributed by atoms with E-state index in [9.17, 15) is 9.59 Å². The highest BCUT2D eigenvalue weighted by atomic mass is 79.9. The summed E-state index contributed by atoms with van der Waals surface area (Å²) in [6, 6.07) is 16.2. The molecule has 1 saturated carbocycles. The molecule has 1 aliphatic carbocycles. The summed E-state index contributed by atoms with van der Waals surface area (Å²) in [6.45, 7) is 2.40. The number of carbonyl (C=O) groups is 2. The lowest BCUT2D eigenvalue weighted by Gasteiger charge is -2.40. The van der Waals surface area contributed by atoms with Crippen molar-refractivity contribution in [1.82, 2.24) is 10.6 Å². The molecule has 6 heteroatoms. The second-order valence-electron chi connectivity index (χ2n) is 7.56. The molecule has 2 aromatic rings. The Morgan fingerprint density at radius 1 is 1.11 bits per heavy atom. The first-order valence-corrected chi connectivity index (χ1v) is 10.5. The standard InChI is InChI=1S/C22H24BrN3O2/c23-18-6-4-17(5-7-18)22(10-1-11-22)21(28)25-14-16-2-8-19(9-3-16)26-13-12-24-20(27)15-26/h2-9H,1,10-15H2,(H,24,27)(H,25,28). The maximum Gasteiger partial charge on any atom is 0.239 e. The fourth-order valence-electron chi connectivity index (χ4n) is 3.98. The van der Waals surface area contributed by atoms with E-state index in [0.29, 0.717) is 19.6 Å². The summed E-state index contributed by atoms with van der Waals surface area (Å²) in [5.41, 5.74) is 2.80. The summed E-state index contributed by atoms with van der Waals surface area (Å²) < 4.78 is 1.03. The van der Waals surface area contributed by atoms with Crippen LogP contribution in [-0.4, -0.2) is 31.4 Å². The number of piperazine rings is 1. The monoisotopic (exact) mass is 441 g/mol. The van der Waals surface area contributed by atoms with E-state index in [2.05, 4.69) is 31.5 Å². The minimum absolute atomic E-state index is 0.0568. The Morgan fingerprint density at radius 3 is 2.43 bits per heavy atom. The Bertz CT molecular complexity index is 860. The molecule has 2 amide bonds. The number of amides is 2. The predicted octanol–water partition coefficient (Wildman–Crippen LogP) is 3.12. The van der Waals surface area contributed by atoms with Crippen molar-refractivity contribution in [2.45, 2.75) is 31.2 Å². The van der Waals surface area contributed by atoms with E-state index in [1.165, 1.54) is 0 Å². The Hall–Kier alpha value is -2.34. The van der Waals surface area contributed by atoms with Crippen molar-refractivity contribution in [3.8, 4) is 0 Å². The minimum atomic E-state index is -0.387. The summed E-state index contributed by atoms with van der Waals surface area (Å²) in [5, 5.41) is 5.97. The van der Waals surface area contributed by atoms with E-state index >= 15 is 0 Å². The molecule has 28 heavy (non-hydrogen) atoms. The molecule has 0 atom stereocenters. The number of hydrogen-bond donors (Lipinski definition) is 2. The number of benzene rings is 2. The van der Waals surface area contributed by atoms with E-state index < -0.39 is 0 Å². The lowest BCUT2D eigenvalue weighted by atomic mass is 9.64. The molecule has 0 radical (unpaired) electrons. The summed E-state index contributed by atoms with van der Waals surface area (Å²) in [7, 11) is 0. The van der Waals surface area contributed by atoms with Crippen LogP contribution >= 0.6 is 15.9 Å². The third-order valence-corrected chi connectivity index (χ3v) is 6.36. The molecular weight excluding hydrogens is 418 g/mol. The van der Waals surface area contributed by atoms with Crippen LogP contribution < -0.4 is 15.5 Å². The van der Waals surface area contributed by atoms with Crippen LogP contribution in [0.15, 0.2) is 53.0 Å². The third kappa shape index (κ3) is 3.78. The molecule has 0 aromatic heterocycles. The zero-order valence-electron chi connectivity index (χ0n) is 15.7. The molecule has 1 aliphatic heterocycles. The molecule has 0 spiro atoms.